The Morgan fingerprint density at radius 2 is 2.00 bits per heavy atom. The summed E-state index contributed by atoms with van der Waals surface area (Å²) in [6, 6.07) is 2.19. The normalized spacial score (nSPS) is 19.4. The summed E-state index contributed by atoms with van der Waals surface area (Å²) in [6.45, 7) is 1.77. The Balaban J connectivity index is 1.48. The lowest BCUT2D eigenvalue weighted by Gasteiger charge is -2.20. The van der Waals surface area contributed by atoms with E-state index in [9.17, 15) is 23.2 Å². The third-order valence-corrected chi connectivity index (χ3v) is 5.30. The zero-order valence-electron chi connectivity index (χ0n) is 15.2. The number of amides is 4. The molecule has 0 bridgehead atoms. The SMILES string of the molecule is CC(NC(=O)CCCN1C(=O)NC2(CCCC2)C1=O)c1ccc(F)cc1F. The topological polar surface area (TPSA) is 78.5 Å². The van der Waals surface area contributed by atoms with Crippen molar-refractivity contribution in [2.75, 3.05) is 6.54 Å². The van der Waals surface area contributed by atoms with Crippen molar-refractivity contribution in [3.05, 3.63) is 35.4 Å². The first-order valence-corrected chi connectivity index (χ1v) is 9.21. The van der Waals surface area contributed by atoms with Crippen molar-refractivity contribution in [2.45, 2.75) is 57.0 Å². The summed E-state index contributed by atoms with van der Waals surface area (Å²) < 4.78 is 26.7. The van der Waals surface area contributed by atoms with Crippen molar-refractivity contribution in [1.82, 2.24) is 15.5 Å². The molecular weight excluding hydrogens is 356 g/mol. The van der Waals surface area contributed by atoms with Gasteiger partial charge in [0.25, 0.3) is 5.91 Å². The number of nitrogens with zero attached hydrogens (tertiary/aromatic N) is 1. The third-order valence-electron chi connectivity index (χ3n) is 5.30. The molecule has 4 amide bonds. The minimum Gasteiger partial charge on any atom is -0.349 e. The lowest BCUT2D eigenvalue weighted by Crippen LogP contribution is -2.44. The third kappa shape index (κ3) is 3.94. The maximum absolute atomic E-state index is 13.8. The number of hydrogen-bond donors (Lipinski definition) is 2. The molecule has 1 unspecified atom stereocenters. The molecule has 3 rings (SSSR count). The van der Waals surface area contributed by atoms with E-state index in [1.54, 1.807) is 6.92 Å². The van der Waals surface area contributed by atoms with Crippen molar-refractivity contribution in [1.29, 1.82) is 0 Å². The lowest BCUT2D eigenvalue weighted by molar-refractivity contribution is -0.131. The number of urea groups is 1. The van der Waals surface area contributed by atoms with Crippen LogP contribution in [0.4, 0.5) is 13.6 Å². The van der Waals surface area contributed by atoms with Crippen LogP contribution in [0.1, 0.15) is 57.1 Å². The van der Waals surface area contributed by atoms with E-state index in [1.807, 2.05) is 0 Å². The average molecular weight is 379 g/mol. The molecule has 1 heterocycles. The predicted octanol–water partition coefficient (Wildman–Crippen LogP) is 2.79. The molecule has 1 aliphatic carbocycles. The second kappa shape index (κ2) is 7.62. The van der Waals surface area contributed by atoms with E-state index in [0.717, 1.165) is 25.0 Å². The van der Waals surface area contributed by atoms with Crippen molar-refractivity contribution in [2.24, 2.45) is 0 Å². The predicted molar refractivity (Wildman–Crippen MR) is 93.6 cm³/mol. The number of carbonyl (C=O) groups excluding carboxylic acids is 3. The van der Waals surface area contributed by atoms with Gasteiger partial charge in [0, 0.05) is 24.6 Å². The van der Waals surface area contributed by atoms with Gasteiger partial charge in [0.2, 0.25) is 5.91 Å². The number of hydrogen-bond acceptors (Lipinski definition) is 3. The van der Waals surface area contributed by atoms with Crippen LogP contribution in [0.2, 0.25) is 0 Å². The van der Waals surface area contributed by atoms with E-state index in [4.69, 9.17) is 0 Å². The average Bonchev–Trinajstić information content (AvgIpc) is 3.15. The molecule has 1 aliphatic heterocycles. The summed E-state index contributed by atoms with van der Waals surface area (Å²) in [7, 11) is 0. The molecule has 1 aromatic rings. The first-order valence-electron chi connectivity index (χ1n) is 9.21. The molecule has 27 heavy (non-hydrogen) atoms. The molecule has 8 heteroatoms. The minimum absolute atomic E-state index is 0.0945. The number of halogens is 2. The fourth-order valence-electron chi connectivity index (χ4n) is 3.84. The van der Waals surface area contributed by atoms with Crippen LogP contribution < -0.4 is 10.6 Å². The van der Waals surface area contributed by atoms with Gasteiger partial charge in [-0.2, -0.15) is 0 Å². The smallest absolute Gasteiger partial charge is 0.325 e. The molecule has 146 valence electrons. The van der Waals surface area contributed by atoms with Crippen LogP contribution >= 0.6 is 0 Å². The first kappa shape index (κ1) is 19.3. The van der Waals surface area contributed by atoms with Gasteiger partial charge in [0.1, 0.15) is 17.2 Å². The summed E-state index contributed by atoms with van der Waals surface area (Å²) in [5.74, 6) is -1.92. The highest BCUT2D eigenvalue weighted by molar-refractivity contribution is 6.07. The quantitative estimate of drug-likeness (QED) is 0.746. The van der Waals surface area contributed by atoms with Gasteiger partial charge in [-0.05, 0) is 32.3 Å². The Bertz CT molecular complexity index is 763. The maximum atomic E-state index is 13.8. The van der Waals surface area contributed by atoms with Crippen LogP contribution in [0.15, 0.2) is 18.2 Å². The van der Waals surface area contributed by atoms with Crippen molar-refractivity contribution >= 4 is 17.8 Å². The largest absolute Gasteiger partial charge is 0.349 e. The molecule has 1 spiro atoms. The van der Waals surface area contributed by atoms with Gasteiger partial charge in [0.15, 0.2) is 0 Å². The number of carbonyl (C=O) groups is 3. The monoisotopic (exact) mass is 379 g/mol. The summed E-state index contributed by atoms with van der Waals surface area (Å²) in [5.41, 5.74) is -0.546. The lowest BCUT2D eigenvalue weighted by atomic mass is 9.98. The van der Waals surface area contributed by atoms with E-state index in [1.165, 1.54) is 11.0 Å². The van der Waals surface area contributed by atoms with Gasteiger partial charge < -0.3 is 10.6 Å². The van der Waals surface area contributed by atoms with Crippen molar-refractivity contribution in [3.63, 3.8) is 0 Å². The van der Waals surface area contributed by atoms with Gasteiger partial charge in [-0.3, -0.25) is 14.5 Å². The van der Waals surface area contributed by atoms with Crippen molar-refractivity contribution in [3.8, 4) is 0 Å². The Morgan fingerprint density at radius 3 is 2.67 bits per heavy atom. The molecular formula is C19H23F2N3O3. The van der Waals surface area contributed by atoms with E-state index >= 15 is 0 Å². The minimum atomic E-state index is -0.742. The zero-order chi connectivity index (χ0) is 19.6. The number of nitrogens with one attached hydrogen (secondary N) is 2. The summed E-state index contributed by atoms with van der Waals surface area (Å²) >= 11 is 0. The molecule has 1 aromatic carbocycles. The van der Waals surface area contributed by atoms with Gasteiger partial charge in [-0.25, -0.2) is 13.6 Å². The maximum Gasteiger partial charge on any atom is 0.325 e. The molecule has 2 fully saturated rings. The van der Waals surface area contributed by atoms with Crippen molar-refractivity contribution < 1.29 is 23.2 Å². The first-order chi connectivity index (χ1) is 12.8. The highest BCUT2D eigenvalue weighted by Crippen LogP contribution is 2.35. The summed E-state index contributed by atoms with van der Waals surface area (Å²) in [4.78, 5) is 37.8. The molecule has 6 nitrogen and oxygen atoms in total. The molecule has 2 aliphatic rings. The van der Waals surface area contributed by atoms with Crippen LogP contribution in [0, 0.1) is 11.6 Å². The summed E-state index contributed by atoms with van der Waals surface area (Å²) in [5, 5.41) is 5.44. The van der Waals surface area contributed by atoms with Gasteiger partial charge in [0.05, 0.1) is 6.04 Å². The van der Waals surface area contributed by atoms with Crippen LogP contribution in [0.5, 0.6) is 0 Å². The number of imide groups is 1. The zero-order valence-corrected chi connectivity index (χ0v) is 15.2. The molecule has 0 radical (unpaired) electrons. The standard InChI is InChI=1S/C19H23F2N3O3/c1-12(14-7-6-13(20)11-15(14)21)22-16(25)5-4-10-24-17(26)19(23-18(24)27)8-2-3-9-19/h6-7,11-12H,2-5,8-10H2,1H3,(H,22,25)(H,23,27). The van der Waals surface area contributed by atoms with Gasteiger partial charge >= 0.3 is 6.03 Å². The Labute approximate surface area is 156 Å². The van der Waals surface area contributed by atoms with Gasteiger partial charge in [-0.15, -0.1) is 0 Å². The highest BCUT2D eigenvalue weighted by Gasteiger charge is 2.52. The Morgan fingerprint density at radius 1 is 1.30 bits per heavy atom. The Kier molecular flexibility index (Phi) is 5.43. The van der Waals surface area contributed by atoms with E-state index in [0.29, 0.717) is 19.3 Å². The van der Waals surface area contributed by atoms with Crippen LogP contribution in [0.3, 0.4) is 0 Å². The van der Waals surface area contributed by atoms with E-state index in [-0.39, 0.29) is 30.3 Å². The van der Waals surface area contributed by atoms with E-state index in [2.05, 4.69) is 10.6 Å². The molecule has 1 atom stereocenters. The second-order valence-corrected chi connectivity index (χ2v) is 7.23. The molecule has 0 aromatic heterocycles. The highest BCUT2D eigenvalue weighted by atomic mass is 19.1. The fourth-order valence-corrected chi connectivity index (χ4v) is 3.84. The fraction of sp³-hybridized carbons (Fsp3) is 0.526. The molecule has 1 saturated carbocycles. The van der Waals surface area contributed by atoms with Crippen LogP contribution in [-0.2, 0) is 9.59 Å². The van der Waals surface area contributed by atoms with E-state index < -0.39 is 29.2 Å². The number of benzene rings is 1. The van der Waals surface area contributed by atoms with Gasteiger partial charge in [-0.1, -0.05) is 18.9 Å². The molecule has 1 saturated heterocycles. The molecule has 2 N–H and O–H groups in total. The summed E-state index contributed by atoms with van der Waals surface area (Å²) in [6.07, 6.45) is 3.57. The van der Waals surface area contributed by atoms with Crippen LogP contribution in [0.25, 0.3) is 0 Å². The number of rotatable bonds is 6. The second-order valence-electron chi connectivity index (χ2n) is 7.23. The Hall–Kier alpha value is -2.51. The van der Waals surface area contributed by atoms with Crippen LogP contribution in [-0.4, -0.2) is 34.8 Å².